The highest BCUT2D eigenvalue weighted by Gasteiger charge is 2.11. The van der Waals surface area contributed by atoms with Gasteiger partial charge in [0.2, 0.25) is 0 Å². The van der Waals surface area contributed by atoms with Crippen molar-refractivity contribution < 1.29 is 13.2 Å². The number of carbonyl (C=O) groups is 1. The molecule has 13 heavy (non-hydrogen) atoms. The van der Waals surface area contributed by atoms with Crippen LogP contribution in [0.2, 0.25) is 0 Å². The Balaban J connectivity index is 2.53. The van der Waals surface area contributed by atoms with Crippen LogP contribution in [0.1, 0.15) is 17.0 Å². The number of Topliss-reactive ketones (excluding diaryl/α,β-unsaturated/α-hetero) is 1. The van der Waals surface area contributed by atoms with Crippen LogP contribution in [0.5, 0.6) is 0 Å². The molecule has 0 atom stereocenters. The molecule has 1 heterocycles. The lowest BCUT2D eigenvalue weighted by molar-refractivity contribution is 0.0980. The fraction of sp³-hybridized carbons (Fsp3) is 0.429. The van der Waals surface area contributed by atoms with Crippen LogP contribution in [0, 0.1) is 0 Å². The monoisotopic (exact) mass is 202 g/mol. The summed E-state index contributed by atoms with van der Waals surface area (Å²) < 4.78 is 21.4. The molecule has 0 bridgehead atoms. The molecule has 0 radical (unpaired) electrons. The van der Waals surface area contributed by atoms with E-state index in [0.29, 0.717) is 0 Å². The Morgan fingerprint density at radius 1 is 1.62 bits per heavy atom. The van der Waals surface area contributed by atoms with Gasteiger partial charge in [-0.2, -0.15) is 0 Å². The number of hydrogen-bond donors (Lipinski definition) is 1. The highest BCUT2D eigenvalue weighted by Crippen LogP contribution is 1.97. The summed E-state index contributed by atoms with van der Waals surface area (Å²) in [6, 6.07) is 0. The number of rotatable bonds is 4. The molecule has 0 aliphatic rings. The number of hydrogen-bond acceptors (Lipinski definition) is 4. The summed E-state index contributed by atoms with van der Waals surface area (Å²) >= 11 is 0. The lowest BCUT2D eigenvalue weighted by atomic mass is 10.3. The smallest absolute Gasteiger partial charge is 0.199 e. The Hall–Kier alpha value is -1.17. The number of carbonyl (C=O) groups excluding carboxylic acids is 1. The zero-order valence-corrected chi connectivity index (χ0v) is 7.97. The molecule has 0 aromatic carbocycles. The van der Waals surface area contributed by atoms with E-state index in [0.717, 1.165) is 6.26 Å². The predicted octanol–water partition coefficient (Wildman–Crippen LogP) is 0.0271. The van der Waals surface area contributed by atoms with Crippen molar-refractivity contribution in [1.82, 2.24) is 9.97 Å². The van der Waals surface area contributed by atoms with Crippen molar-refractivity contribution in [3.8, 4) is 0 Å². The first-order chi connectivity index (χ1) is 5.99. The Morgan fingerprint density at radius 2 is 2.31 bits per heavy atom. The number of imidazole rings is 1. The van der Waals surface area contributed by atoms with E-state index >= 15 is 0 Å². The SMILES string of the molecule is CS(=O)(=O)CCC(=O)c1ncc[nH]1. The van der Waals surface area contributed by atoms with Gasteiger partial charge < -0.3 is 4.98 Å². The maximum absolute atomic E-state index is 11.2. The van der Waals surface area contributed by atoms with Crippen LogP contribution in [0.15, 0.2) is 12.4 Å². The summed E-state index contributed by atoms with van der Waals surface area (Å²) in [6.07, 6.45) is 4.05. The molecule has 1 rings (SSSR count). The van der Waals surface area contributed by atoms with Gasteiger partial charge >= 0.3 is 0 Å². The van der Waals surface area contributed by atoms with E-state index in [1.54, 1.807) is 0 Å². The van der Waals surface area contributed by atoms with Crippen molar-refractivity contribution in [3.05, 3.63) is 18.2 Å². The lowest BCUT2D eigenvalue weighted by Crippen LogP contribution is -2.10. The van der Waals surface area contributed by atoms with Crippen molar-refractivity contribution in [1.29, 1.82) is 0 Å². The topological polar surface area (TPSA) is 79.9 Å². The average molecular weight is 202 g/mol. The van der Waals surface area contributed by atoms with Gasteiger partial charge in [-0.15, -0.1) is 0 Å². The summed E-state index contributed by atoms with van der Waals surface area (Å²) in [5.74, 6) is -0.203. The number of sulfone groups is 1. The molecule has 0 fully saturated rings. The van der Waals surface area contributed by atoms with Crippen molar-refractivity contribution >= 4 is 15.6 Å². The molecule has 1 aromatic rings. The fourth-order valence-electron chi connectivity index (χ4n) is 0.814. The van der Waals surface area contributed by atoms with Crippen LogP contribution in [0.4, 0.5) is 0 Å². The molecular weight excluding hydrogens is 192 g/mol. The first-order valence-corrected chi connectivity index (χ1v) is 5.75. The molecule has 6 heteroatoms. The Bertz CT molecular complexity index is 380. The zero-order chi connectivity index (χ0) is 9.90. The lowest BCUT2D eigenvalue weighted by Gasteiger charge is -1.95. The Morgan fingerprint density at radius 3 is 2.77 bits per heavy atom. The Kier molecular flexibility index (Phi) is 2.82. The van der Waals surface area contributed by atoms with Crippen LogP contribution < -0.4 is 0 Å². The van der Waals surface area contributed by atoms with Gasteiger partial charge in [-0.25, -0.2) is 13.4 Å². The predicted molar refractivity (Wildman–Crippen MR) is 47.2 cm³/mol. The molecule has 5 nitrogen and oxygen atoms in total. The van der Waals surface area contributed by atoms with Gasteiger partial charge in [0.05, 0.1) is 5.75 Å². The van der Waals surface area contributed by atoms with Gasteiger partial charge in [0, 0.05) is 25.1 Å². The third-order valence-corrected chi connectivity index (χ3v) is 2.41. The minimum absolute atomic E-state index is 0.0215. The molecule has 0 saturated carbocycles. The first-order valence-electron chi connectivity index (χ1n) is 3.69. The van der Waals surface area contributed by atoms with Crippen molar-refractivity contribution in [2.75, 3.05) is 12.0 Å². The summed E-state index contributed by atoms with van der Waals surface area (Å²) in [7, 11) is -3.07. The molecule has 0 spiro atoms. The van der Waals surface area contributed by atoms with Gasteiger partial charge in [0.15, 0.2) is 11.6 Å². The molecule has 72 valence electrons. The standard InChI is InChI=1S/C7H10N2O3S/c1-13(11,12)5-2-6(10)7-8-3-4-9-7/h3-4H,2,5H2,1H3,(H,8,9). The first kappa shape index (κ1) is 9.91. The van der Waals surface area contributed by atoms with Crippen LogP contribution in [-0.4, -0.2) is 36.2 Å². The van der Waals surface area contributed by atoms with Crippen LogP contribution in [-0.2, 0) is 9.84 Å². The maximum atomic E-state index is 11.2. The van der Waals surface area contributed by atoms with Gasteiger partial charge in [0.25, 0.3) is 0 Å². The molecule has 0 aliphatic heterocycles. The number of nitrogens with zero attached hydrogens (tertiary/aromatic N) is 1. The number of ketones is 1. The van der Waals surface area contributed by atoms with Crippen LogP contribution >= 0.6 is 0 Å². The fourth-order valence-corrected chi connectivity index (χ4v) is 1.37. The van der Waals surface area contributed by atoms with E-state index in [4.69, 9.17) is 0 Å². The van der Waals surface area contributed by atoms with Crippen molar-refractivity contribution in [3.63, 3.8) is 0 Å². The maximum Gasteiger partial charge on any atom is 0.199 e. The van der Waals surface area contributed by atoms with Crippen molar-refractivity contribution in [2.24, 2.45) is 0 Å². The van der Waals surface area contributed by atoms with Gasteiger partial charge in [-0.3, -0.25) is 4.79 Å². The number of H-pyrrole nitrogens is 1. The second-order valence-electron chi connectivity index (χ2n) is 2.74. The van der Waals surface area contributed by atoms with Gasteiger partial charge in [0.1, 0.15) is 9.84 Å². The highest BCUT2D eigenvalue weighted by molar-refractivity contribution is 7.90. The summed E-state index contributed by atoms with van der Waals surface area (Å²) in [5.41, 5.74) is 0. The molecule has 0 unspecified atom stereocenters. The zero-order valence-electron chi connectivity index (χ0n) is 7.15. The minimum atomic E-state index is -3.07. The number of aromatic amines is 1. The second kappa shape index (κ2) is 3.69. The summed E-state index contributed by atoms with van der Waals surface area (Å²) in [4.78, 5) is 17.5. The summed E-state index contributed by atoms with van der Waals surface area (Å²) in [6.45, 7) is 0. The average Bonchev–Trinajstić information content (AvgIpc) is 2.50. The number of aromatic nitrogens is 2. The van der Waals surface area contributed by atoms with Crippen molar-refractivity contribution in [2.45, 2.75) is 6.42 Å². The second-order valence-corrected chi connectivity index (χ2v) is 5.00. The largest absolute Gasteiger partial charge is 0.342 e. The highest BCUT2D eigenvalue weighted by atomic mass is 32.2. The molecule has 1 aromatic heterocycles. The quantitative estimate of drug-likeness (QED) is 0.698. The van der Waals surface area contributed by atoms with Gasteiger partial charge in [-0.05, 0) is 0 Å². The third kappa shape index (κ3) is 3.37. The number of nitrogens with one attached hydrogen (secondary N) is 1. The van der Waals surface area contributed by atoms with Crippen LogP contribution in [0.3, 0.4) is 0 Å². The molecular formula is C7H10N2O3S. The van der Waals surface area contributed by atoms with E-state index in [9.17, 15) is 13.2 Å². The summed E-state index contributed by atoms with van der Waals surface area (Å²) in [5, 5.41) is 0. The molecule has 1 N–H and O–H groups in total. The van der Waals surface area contributed by atoms with E-state index in [1.807, 2.05) is 0 Å². The Labute approximate surface area is 76.1 Å². The van der Waals surface area contributed by atoms with E-state index < -0.39 is 9.84 Å². The van der Waals surface area contributed by atoms with E-state index in [1.165, 1.54) is 12.4 Å². The molecule has 0 aliphatic carbocycles. The minimum Gasteiger partial charge on any atom is -0.342 e. The van der Waals surface area contributed by atoms with E-state index in [-0.39, 0.29) is 23.8 Å². The van der Waals surface area contributed by atoms with E-state index in [2.05, 4.69) is 9.97 Å². The van der Waals surface area contributed by atoms with Crippen LogP contribution in [0.25, 0.3) is 0 Å². The normalized spacial score (nSPS) is 11.5. The molecule has 0 amide bonds. The molecule has 0 saturated heterocycles. The third-order valence-electron chi connectivity index (χ3n) is 1.46. The van der Waals surface area contributed by atoms with Gasteiger partial charge in [-0.1, -0.05) is 0 Å².